The Balaban J connectivity index is 1.65. The van der Waals surface area contributed by atoms with Gasteiger partial charge >= 0.3 is 7.52 Å². The van der Waals surface area contributed by atoms with E-state index in [1.54, 1.807) is 43.5 Å². The smallest absolute Gasteiger partial charge is 0.348 e. The summed E-state index contributed by atoms with van der Waals surface area (Å²) < 4.78 is 54.3. The number of furan rings is 1. The number of hydrogen-bond acceptors (Lipinski definition) is 8. The first-order chi connectivity index (χ1) is 17.4. The van der Waals surface area contributed by atoms with Crippen molar-refractivity contribution in [3.8, 4) is 0 Å². The Morgan fingerprint density at radius 1 is 1.22 bits per heavy atom. The molecule has 2 atom stereocenters. The molecule has 0 radical (unpaired) electrons. The van der Waals surface area contributed by atoms with Gasteiger partial charge in [0.25, 0.3) is 0 Å². The van der Waals surface area contributed by atoms with E-state index in [4.69, 9.17) is 8.94 Å². The number of hydrogen-bond donors (Lipinski definition) is 3. The SMILES string of the molecule is COP1(=O)N=C(C2=C(O)c3ccccc3C(C)(Cc3ccoc3)C2=O)Nc2ccc(NS(C)(=O)=O)cc21. The molecule has 37 heavy (non-hydrogen) atoms. The highest BCUT2D eigenvalue weighted by molar-refractivity contribution is 7.92. The molecule has 0 amide bonds. The highest BCUT2D eigenvalue weighted by Gasteiger charge is 2.47. The minimum Gasteiger partial charge on any atom is -0.506 e. The molecule has 5 rings (SSSR count). The largest absolute Gasteiger partial charge is 0.506 e. The average Bonchev–Trinajstić information content (AvgIpc) is 3.35. The molecule has 3 aromatic rings. The van der Waals surface area contributed by atoms with Crippen LogP contribution < -0.4 is 15.3 Å². The van der Waals surface area contributed by atoms with E-state index in [1.807, 2.05) is 0 Å². The number of anilines is 2. The van der Waals surface area contributed by atoms with E-state index in [2.05, 4.69) is 14.8 Å². The van der Waals surface area contributed by atoms with Gasteiger partial charge in [-0.15, -0.1) is 0 Å². The van der Waals surface area contributed by atoms with Crippen LogP contribution in [0.25, 0.3) is 5.76 Å². The van der Waals surface area contributed by atoms with Crippen molar-refractivity contribution in [3.05, 3.63) is 83.3 Å². The lowest BCUT2D eigenvalue weighted by Crippen LogP contribution is -2.43. The molecule has 0 spiro atoms. The van der Waals surface area contributed by atoms with Gasteiger partial charge in [0, 0.05) is 18.4 Å². The molecule has 10 nitrogen and oxygen atoms in total. The zero-order valence-electron chi connectivity index (χ0n) is 20.2. The van der Waals surface area contributed by atoms with Gasteiger partial charge in [0.2, 0.25) is 10.0 Å². The lowest BCUT2D eigenvalue weighted by Gasteiger charge is -2.36. The molecule has 2 unspecified atom stereocenters. The third-order valence-electron chi connectivity index (χ3n) is 6.45. The van der Waals surface area contributed by atoms with Crippen molar-refractivity contribution in [1.82, 2.24) is 0 Å². The predicted molar refractivity (Wildman–Crippen MR) is 141 cm³/mol. The number of fused-ring (bicyclic) bond motifs is 2. The Hall–Kier alpha value is -3.66. The molecule has 0 bridgehead atoms. The number of carbonyl (C=O) groups excluding carboxylic acids is 1. The lowest BCUT2D eigenvalue weighted by molar-refractivity contribution is -0.120. The molecule has 2 aliphatic rings. The second-order valence-electron chi connectivity index (χ2n) is 9.12. The van der Waals surface area contributed by atoms with Gasteiger partial charge in [0.15, 0.2) is 5.78 Å². The molecule has 1 aromatic heterocycles. The molecular weight excluding hydrogens is 517 g/mol. The van der Waals surface area contributed by atoms with E-state index in [1.165, 1.54) is 31.6 Å². The minimum absolute atomic E-state index is 0.100. The molecule has 12 heteroatoms. The topological polar surface area (TPSA) is 147 Å². The minimum atomic E-state index is -3.96. The number of Topliss-reactive ketones (excluding diaryl/α,β-unsaturated/α-hetero) is 1. The fourth-order valence-corrected chi connectivity index (χ4v) is 6.84. The Morgan fingerprint density at radius 2 is 1.97 bits per heavy atom. The van der Waals surface area contributed by atoms with E-state index in [-0.39, 0.29) is 28.2 Å². The first-order valence-electron chi connectivity index (χ1n) is 11.2. The van der Waals surface area contributed by atoms with Crippen molar-refractivity contribution in [3.63, 3.8) is 0 Å². The molecule has 2 aromatic carbocycles. The number of carbonyl (C=O) groups is 1. The average molecular weight is 542 g/mol. The van der Waals surface area contributed by atoms with Gasteiger partial charge in [-0.1, -0.05) is 24.3 Å². The van der Waals surface area contributed by atoms with Gasteiger partial charge in [-0.05, 0) is 48.7 Å². The van der Waals surface area contributed by atoms with Gasteiger partial charge < -0.3 is 19.4 Å². The van der Waals surface area contributed by atoms with Gasteiger partial charge in [-0.25, -0.2) is 8.42 Å². The fourth-order valence-electron chi connectivity index (χ4n) is 4.75. The Labute approximate surface area is 213 Å². The monoisotopic (exact) mass is 541 g/mol. The van der Waals surface area contributed by atoms with E-state index in [9.17, 15) is 22.9 Å². The third-order valence-corrected chi connectivity index (χ3v) is 9.00. The van der Waals surface area contributed by atoms with Gasteiger partial charge in [-0.2, -0.15) is 4.76 Å². The van der Waals surface area contributed by atoms with Crippen molar-refractivity contribution < 1.29 is 31.8 Å². The van der Waals surface area contributed by atoms with Crippen molar-refractivity contribution >= 4 is 51.6 Å². The maximum atomic E-state index is 14.1. The zero-order valence-corrected chi connectivity index (χ0v) is 21.9. The highest BCUT2D eigenvalue weighted by Crippen LogP contribution is 2.53. The summed E-state index contributed by atoms with van der Waals surface area (Å²) in [5, 5.41) is 14.4. The molecular formula is C25H24N3O7PS. The molecule has 0 saturated heterocycles. The van der Waals surface area contributed by atoms with Crippen molar-refractivity contribution in [2.24, 2.45) is 4.76 Å². The maximum absolute atomic E-state index is 14.1. The van der Waals surface area contributed by atoms with Crippen molar-refractivity contribution in [1.29, 1.82) is 0 Å². The van der Waals surface area contributed by atoms with Gasteiger partial charge in [0.05, 0.1) is 35.2 Å². The van der Waals surface area contributed by atoms with Crippen LogP contribution in [0.15, 0.2) is 75.8 Å². The summed E-state index contributed by atoms with van der Waals surface area (Å²) in [6, 6.07) is 13.2. The van der Waals surface area contributed by atoms with Crippen molar-refractivity contribution in [2.75, 3.05) is 23.4 Å². The van der Waals surface area contributed by atoms with Crippen LogP contribution >= 0.6 is 7.52 Å². The second-order valence-corrected chi connectivity index (χ2v) is 13.0. The summed E-state index contributed by atoms with van der Waals surface area (Å²) in [6.07, 6.45) is 4.38. The Morgan fingerprint density at radius 3 is 2.65 bits per heavy atom. The molecule has 192 valence electrons. The number of nitrogens with one attached hydrogen (secondary N) is 2. The normalized spacial score (nSPS) is 23.1. The van der Waals surface area contributed by atoms with E-state index >= 15 is 0 Å². The summed E-state index contributed by atoms with van der Waals surface area (Å²) in [5.41, 5.74) is 1.17. The van der Waals surface area contributed by atoms with Crippen LogP contribution in [0.1, 0.15) is 23.6 Å². The number of aliphatic hydroxyl groups excluding tert-OH is 1. The number of ketones is 1. The summed E-state index contributed by atoms with van der Waals surface area (Å²) in [7, 11) is -6.33. The van der Waals surface area contributed by atoms with Crippen LogP contribution in [0, 0.1) is 0 Å². The standard InChI is InChI=1S/C25H24N3O7PS/c1-25(13-15-10-11-35-14-15)18-7-5-4-6-17(18)22(29)21(23(25)30)24-26-19-9-8-16(28-37(3,32)33)12-20(19)36(31,27-24)34-2/h4-12,14,28-29H,13H2,1-3H3,(H,26,27,31). The van der Waals surface area contributed by atoms with Crippen LogP contribution in [0.3, 0.4) is 0 Å². The molecule has 1 aliphatic heterocycles. The Bertz CT molecular complexity index is 1640. The van der Waals surface area contributed by atoms with Crippen LogP contribution in [-0.4, -0.2) is 38.5 Å². The molecule has 0 fully saturated rings. The van der Waals surface area contributed by atoms with Crippen LogP contribution in [0.2, 0.25) is 0 Å². The first kappa shape index (κ1) is 25.0. The summed E-state index contributed by atoms with van der Waals surface area (Å²) >= 11 is 0. The maximum Gasteiger partial charge on any atom is 0.348 e. The number of benzene rings is 2. The van der Waals surface area contributed by atoms with Crippen LogP contribution in [-0.2, 0) is 35.7 Å². The van der Waals surface area contributed by atoms with Crippen LogP contribution in [0.4, 0.5) is 11.4 Å². The molecule has 1 aliphatic carbocycles. The summed E-state index contributed by atoms with van der Waals surface area (Å²) in [5.74, 6) is -0.812. The number of aliphatic hydroxyl groups is 1. The first-order valence-corrected chi connectivity index (χ1v) is 14.7. The molecule has 2 heterocycles. The van der Waals surface area contributed by atoms with Crippen molar-refractivity contribution in [2.45, 2.75) is 18.8 Å². The van der Waals surface area contributed by atoms with E-state index < -0.39 is 28.7 Å². The zero-order chi connectivity index (χ0) is 26.6. The quantitative estimate of drug-likeness (QED) is 0.397. The predicted octanol–water partition coefficient (Wildman–Crippen LogP) is 3.99. The number of nitrogens with zero attached hydrogens (tertiary/aromatic N) is 1. The molecule has 3 N–H and O–H groups in total. The number of sulfonamides is 1. The number of amidine groups is 1. The summed E-state index contributed by atoms with van der Waals surface area (Å²) in [6.45, 7) is 1.78. The highest BCUT2D eigenvalue weighted by atomic mass is 32.2. The van der Waals surface area contributed by atoms with Crippen LogP contribution in [0.5, 0.6) is 0 Å². The van der Waals surface area contributed by atoms with Gasteiger partial charge in [0.1, 0.15) is 17.2 Å². The molecule has 0 saturated carbocycles. The Kier molecular flexibility index (Phi) is 5.90. The lowest BCUT2D eigenvalue weighted by atomic mass is 9.66. The van der Waals surface area contributed by atoms with E-state index in [0.717, 1.165) is 11.8 Å². The fraction of sp³-hybridized carbons (Fsp3) is 0.200. The van der Waals surface area contributed by atoms with E-state index in [0.29, 0.717) is 23.2 Å². The summed E-state index contributed by atoms with van der Waals surface area (Å²) in [4.78, 5) is 14.1. The number of rotatable bonds is 6. The second kappa shape index (κ2) is 8.72. The third kappa shape index (κ3) is 4.29. The van der Waals surface area contributed by atoms with Gasteiger partial charge in [-0.3, -0.25) is 14.1 Å².